The van der Waals surface area contributed by atoms with Gasteiger partial charge in [-0.2, -0.15) is 0 Å². The first-order valence-corrected chi connectivity index (χ1v) is 9.62. The number of halogens is 1. The summed E-state index contributed by atoms with van der Waals surface area (Å²) in [4.78, 5) is 21.6. The van der Waals surface area contributed by atoms with Crippen LogP contribution in [-0.4, -0.2) is 47.4 Å². The number of aromatic nitrogens is 1. The Hall–Kier alpha value is -1.79. The molecular weight excluding hydrogens is 337 g/mol. The van der Waals surface area contributed by atoms with Crippen LogP contribution in [0.4, 0.5) is 4.39 Å². The molecule has 4 nitrogen and oxygen atoms in total. The Bertz CT molecular complexity index is 775. The molecule has 0 aliphatic carbocycles. The summed E-state index contributed by atoms with van der Waals surface area (Å²) in [7, 11) is 1.92. The van der Waals surface area contributed by atoms with Crippen molar-refractivity contribution in [2.24, 2.45) is 5.41 Å². The zero-order valence-corrected chi connectivity index (χ0v) is 15.2. The molecule has 3 heterocycles. The van der Waals surface area contributed by atoms with Crippen LogP contribution in [0.3, 0.4) is 0 Å². The van der Waals surface area contributed by atoms with Gasteiger partial charge in [0.2, 0.25) is 5.91 Å². The van der Waals surface area contributed by atoms with Gasteiger partial charge < -0.3 is 4.90 Å². The maximum absolute atomic E-state index is 13.1. The number of piperidine rings is 1. The number of benzene rings is 1. The molecule has 2 aromatic rings. The van der Waals surface area contributed by atoms with Crippen LogP contribution < -0.4 is 0 Å². The Morgan fingerprint density at radius 1 is 1.24 bits per heavy atom. The van der Waals surface area contributed by atoms with E-state index in [9.17, 15) is 9.18 Å². The van der Waals surface area contributed by atoms with Gasteiger partial charge in [-0.05, 0) is 50.1 Å². The molecule has 1 atom stereocenters. The van der Waals surface area contributed by atoms with Crippen molar-refractivity contribution in [3.8, 4) is 11.3 Å². The molecule has 1 amide bonds. The van der Waals surface area contributed by atoms with Gasteiger partial charge in [0.25, 0.3) is 0 Å². The molecule has 1 aromatic carbocycles. The molecule has 2 aliphatic heterocycles. The van der Waals surface area contributed by atoms with E-state index in [1.807, 2.05) is 17.3 Å². The van der Waals surface area contributed by atoms with Crippen LogP contribution in [0, 0.1) is 11.2 Å². The molecule has 0 bridgehead atoms. The average molecular weight is 359 g/mol. The molecule has 1 aromatic heterocycles. The molecule has 0 saturated carbocycles. The monoisotopic (exact) mass is 359 g/mol. The van der Waals surface area contributed by atoms with E-state index >= 15 is 0 Å². The van der Waals surface area contributed by atoms with Crippen LogP contribution in [0.5, 0.6) is 0 Å². The van der Waals surface area contributed by atoms with Gasteiger partial charge in [-0.3, -0.25) is 9.69 Å². The number of thiazole rings is 1. The van der Waals surface area contributed by atoms with Gasteiger partial charge in [-0.25, -0.2) is 9.37 Å². The minimum Gasteiger partial charge on any atom is -0.345 e. The number of rotatable bonds is 3. The molecule has 132 valence electrons. The van der Waals surface area contributed by atoms with Crippen molar-refractivity contribution in [1.29, 1.82) is 0 Å². The second-order valence-corrected chi connectivity index (χ2v) is 8.15. The average Bonchev–Trinajstić information content (AvgIpc) is 3.22. The third kappa shape index (κ3) is 3.20. The van der Waals surface area contributed by atoms with E-state index in [2.05, 4.69) is 4.90 Å². The molecule has 2 saturated heterocycles. The summed E-state index contributed by atoms with van der Waals surface area (Å²) in [5.41, 5.74) is 1.65. The second kappa shape index (κ2) is 6.50. The fraction of sp³-hybridized carbons (Fsp3) is 0.474. The van der Waals surface area contributed by atoms with E-state index in [0.29, 0.717) is 5.91 Å². The topological polar surface area (TPSA) is 36.4 Å². The molecule has 2 fully saturated rings. The highest BCUT2D eigenvalue weighted by atomic mass is 32.1. The minimum absolute atomic E-state index is 0.177. The van der Waals surface area contributed by atoms with Crippen LogP contribution >= 0.6 is 11.3 Å². The fourth-order valence-corrected chi connectivity index (χ4v) is 4.91. The normalized spacial score (nSPS) is 24.4. The Morgan fingerprint density at radius 3 is 2.84 bits per heavy atom. The molecular formula is C19H22FN3OS. The predicted octanol–water partition coefficient (Wildman–Crippen LogP) is 3.39. The van der Waals surface area contributed by atoms with Gasteiger partial charge >= 0.3 is 0 Å². The zero-order valence-electron chi connectivity index (χ0n) is 14.4. The maximum atomic E-state index is 13.1. The summed E-state index contributed by atoms with van der Waals surface area (Å²) >= 11 is 1.63. The quantitative estimate of drug-likeness (QED) is 0.843. The first-order chi connectivity index (χ1) is 12.1. The van der Waals surface area contributed by atoms with E-state index in [4.69, 9.17) is 4.98 Å². The molecule has 0 unspecified atom stereocenters. The van der Waals surface area contributed by atoms with Crippen LogP contribution in [0.25, 0.3) is 11.3 Å². The summed E-state index contributed by atoms with van der Waals surface area (Å²) < 4.78 is 13.1. The van der Waals surface area contributed by atoms with Gasteiger partial charge in [0, 0.05) is 31.1 Å². The van der Waals surface area contributed by atoms with Gasteiger partial charge in [0.05, 0.1) is 17.7 Å². The number of hydrogen-bond donors (Lipinski definition) is 0. The van der Waals surface area contributed by atoms with E-state index in [1.165, 1.54) is 12.1 Å². The highest BCUT2D eigenvalue weighted by Gasteiger charge is 2.47. The van der Waals surface area contributed by atoms with Gasteiger partial charge in [0.1, 0.15) is 10.8 Å². The summed E-state index contributed by atoms with van der Waals surface area (Å²) in [6, 6.07) is 6.44. The third-order valence-electron chi connectivity index (χ3n) is 5.43. The lowest BCUT2D eigenvalue weighted by Crippen LogP contribution is -2.48. The van der Waals surface area contributed by atoms with Gasteiger partial charge in [-0.15, -0.1) is 11.3 Å². The van der Waals surface area contributed by atoms with Crippen molar-refractivity contribution in [3.63, 3.8) is 0 Å². The molecule has 0 radical (unpaired) electrons. The highest BCUT2D eigenvalue weighted by molar-refractivity contribution is 7.09. The van der Waals surface area contributed by atoms with Crippen molar-refractivity contribution in [2.45, 2.75) is 25.8 Å². The Kier molecular flexibility index (Phi) is 4.33. The zero-order chi connectivity index (χ0) is 17.4. The summed E-state index contributed by atoms with van der Waals surface area (Å²) in [5.74, 6) is 0.0797. The fourth-order valence-electron chi connectivity index (χ4n) is 4.07. The van der Waals surface area contributed by atoms with Crippen molar-refractivity contribution >= 4 is 17.2 Å². The summed E-state index contributed by atoms with van der Waals surface area (Å²) in [6.07, 6.45) is 3.06. The SMILES string of the molecule is CN1CCC[C@]2(CCN(Cc3nc(-c4ccc(F)cc4)cs3)C2)C1=O. The number of carbonyl (C=O) groups excluding carboxylic acids is 1. The number of nitrogens with zero attached hydrogens (tertiary/aromatic N) is 3. The molecule has 0 N–H and O–H groups in total. The van der Waals surface area contributed by atoms with Gasteiger partial charge in [-0.1, -0.05) is 0 Å². The highest BCUT2D eigenvalue weighted by Crippen LogP contribution is 2.40. The lowest BCUT2D eigenvalue weighted by atomic mass is 9.78. The maximum Gasteiger partial charge on any atom is 0.229 e. The first kappa shape index (κ1) is 16.7. The lowest BCUT2D eigenvalue weighted by Gasteiger charge is -2.37. The Balaban J connectivity index is 1.44. The smallest absolute Gasteiger partial charge is 0.229 e. The number of hydrogen-bond acceptors (Lipinski definition) is 4. The van der Waals surface area contributed by atoms with Gasteiger partial charge in [0.15, 0.2) is 0 Å². The minimum atomic E-state index is -0.233. The van der Waals surface area contributed by atoms with E-state index in [1.54, 1.807) is 23.5 Å². The third-order valence-corrected chi connectivity index (χ3v) is 6.27. The summed E-state index contributed by atoms with van der Waals surface area (Å²) in [5, 5.41) is 3.07. The second-order valence-electron chi connectivity index (χ2n) is 7.20. The number of likely N-dealkylation sites (tertiary alicyclic amines) is 2. The van der Waals surface area contributed by atoms with Crippen LogP contribution in [0.1, 0.15) is 24.3 Å². The molecule has 1 spiro atoms. The van der Waals surface area contributed by atoms with Crippen LogP contribution in [0.15, 0.2) is 29.6 Å². The van der Waals surface area contributed by atoms with Crippen LogP contribution in [-0.2, 0) is 11.3 Å². The molecule has 6 heteroatoms. The number of carbonyl (C=O) groups is 1. The molecule has 25 heavy (non-hydrogen) atoms. The predicted molar refractivity (Wildman–Crippen MR) is 96.7 cm³/mol. The Labute approximate surface area is 151 Å². The number of amides is 1. The molecule has 4 rings (SSSR count). The lowest BCUT2D eigenvalue weighted by molar-refractivity contribution is -0.143. The van der Waals surface area contributed by atoms with Crippen LogP contribution in [0.2, 0.25) is 0 Å². The van der Waals surface area contributed by atoms with Crippen molar-refractivity contribution in [3.05, 3.63) is 40.5 Å². The van der Waals surface area contributed by atoms with E-state index in [-0.39, 0.29) is 11.2 Å². The first-order valence-electron chi connectivity index (χ1n) is 8.74. The molecule has 2 aliphatic rings. The standard InChI is InChI=1S/C19H22FN3OS/c1-22-9-2-7-19(18(22)24)8-10-23(13-19)11-17-21-16(12-25-17)14-3-5-15(20)6-4-14/h3-6,12H,2,7-11,13H2,1H3/t19-/m1/s1. The largest absolute Gasteiger partial charge is 0.345 e. The van der Waals surface area contributed by atoms with Crippen molar-refractivity contribution in [2.75, 3.05) is 26.7 Å². The van der Waals surface area contributed by atoms with E-state index in [0.717, 1.165) is 61.7 Å². The Morgan fingerprint density at radius 2 is 2.04 bits per heavy atom. The van der Waals surface area contributed by atoms with E-state index < -0.39 is 0 Å². The van der Waals surface area contributed by atoms with Crippen molar-refractivity contribution in [1.82, 2.24) is 14.8 Å². The van der Waals surface area contributed by atoms with Crippen molar-refractivity contribution < 1.29 is 9.18 Å². The summed E-state index contributed by atoms with van der Waals surface area (Å²) in [6.45, 7) is 3.45.